The van der Waals surface area contributed by atoms with Gasteiger partial charge in [0.1, 0.15) is 5.75 Å². The lowest BCUT2D eigenvalue weighted by Crippen LogP contribution is -2.33. The molecular weight excluding hydrogens is 550 g/mol. The molecule has 5 aromatic rings. The molecule has 0 radical (unpaired) electrons. The zero-order chi connectivity index (χ0) is 29.5. The number of nitrogens with zero attached hydrogens (tertiary/aromatic N) is 3. The molecule has 0 unspecified atom stereocenters. The summed E-state index contributed by atoms with van der Waals surface area (Å²) in [5.41, 5.74) is 4.81. The highest BCUT2D eigenvalue weighted by Crippen LogP contribution is 2.29. The second-order valence-corrected chi connectivity index (χ2v) is 10.9. The molecule has 0 saturated carbocycles. The molecule has 0 saturated heterocycles. The lowest BCUT2D eigenvalue weighted by Gasteiger charge is -2.20. The van der Waals surface area contributed by atoms with Crippen molar-refractivity contribution in [3.63, 3.8) is 0 Å². The zero-order valence-corrected chi connectivity index (χ0v) is 24.6. The van der Waals surface area contributed by atoms with Crippen LogP contribution in [0.25, 0.3) is 16.6 Å². The standard InChI is InChI=1S/C32H33N5O4S/c1-21-26(25-11-7-8-12-27(25)33-21)20-29(38)34-28(19-22-9-5-4-6-10-22)31-35-36-32(42-18-17-30(39)41-3)37(31)23-13-15-24(40-2)16-14-23/h4-16,28,33H,17-20H2,1-3H3,(H,34,38)/t28-/m0/s1. The van der Waals surface area contributed by atoms with E-state index in [1.807, 2.05) is 90.4 Å². The topological polar surface area (TPSA) is 111 Å². The van der Waals surface area contributed by atoms with Crippen molar-refractivity contribution in [2.24, 2.45) is 0 Å². The largest absolute Gasteiger partial charge is 0.497 e. The molecule has 2 heterocycles. The van der Waals surface area contributed by atoms with Gasteiger partial charge >= 0.3 is 5.97 Å². The number of carbonyl (C=O) groups is 2. The molecule has 9 nitrogen and oxygen atoms in total. The summed E-state index contributed by atoms with van der Waals surface area (Å²) in [5, 5.41) is 14.0. The number of amides is 1. The highest BCUT2D eigenvalue weighted by molar-refractivity contribution is 7.99. The number of aromatic amines is 1. The number of carbonyl (C=O) groups excluding carboxylic acids is 2. The zero-order valence-electron chi connectivity index (χ0n) is 23.8. The highest BCUT2D eigenvalue weighted by atomic mass is 32.2. The number of nitrogens with one attached hydrogen (secondary N) is 2. The monoisotopic (exact) mass is 583 g/mol. The van der Waals surface area contributed by atoms with E-state index in [1.54, 1.807) is 7.11 Å². The summed E-state index contributed by atoms with van der Waals surface area (Å²) >= 11 is 1.41. The molecule has 42 heavy (non-hydrogen) atoms. The molecule has 2 N–H and O–H groups in total. The fourth-order valence-electron chi connectivity index (χ4n) is 4.93. The summed E-state index contributed by atoms with van der Waals surface area (Å²) in [6.07, 6.45) is 0.971. The van der Waals surface area contributed by atoms with E-state index in [4.69, 9.17) is 9.47 Å². The van der Waals surface area contributed by atoms with Crippen LogP contribution in [0.2, 0.25) is 0 Å². The summed E-state index contributed by atoms with van der Waals surface area (Å²) < 4.78 is 12.1. The molecule has 0 aliphatic rings. The van der Waals surface area contributed by atoms with Gasteiger partial charge in [0.15, 0.2) is 11.0 Å². The van der Waals surface area contributed by atoms with Gasteiger partial charge in [0.05, 0.1) is 33.1 Å². The van der Waals surface area contributed by atoms with Gasteiger partial charge in [0.25, 0.3) is 0 Å². The second kappa shape index (κ2) is 13.4. The molecule has 5 rings (SSSR count). The third kappa shape index (κ3) is 6.66. The molecule has 1 amide bonds. The van der Waals surface area contributed by atoms with Crippen LogP contribution in [0.3, 0.4) is 0 Å². The van der Waals surface area contributed by atoms with Crippen molar-refractivity contribution in [2.75, 3.05) is 20.0 Å². The molecule has 0 bridgehead atoms. The van der Waals surface area contributed by atoms with Crippen LogP contribution in [0.1, 0.15) is 35.1 Å². The van der Waals surface area contributed by atoms with Crippen molar-refractivity contribution in [3.05, 3.63) is 102 Å². The van der Waals surface area contributed by atoms with E-state index in [1.165, 1.54) is 18.9 Å². The molecule has 2 aromatic heterocycles. The molecule has 0 fully saturated rings. The molecule has 10 heteroatoms. The minimum Gasteiger partial charge on any atom is -0.497 e. The lowest BCUT2D eigenvalue weighted by molar-refractivity contribution is -0.140. The van der Waals surface area contributed by atoms with Crippen LogP contribution in [-0.2, 0) is 27.2 Å². The SMILES string of the molecule is COC(=O)CCSc1nnc([C@H](Cc2ccccc2)NC(=O)Cc2c(C)[nH]c3ccccc23)n1-c1ccc(OC)cc1. The van der Waals surface area contributed by atoms with E-state index in [0.717, 1.165) is 39.2 Å². The first-order chi connectivity index (χ1) is 20.5. The smallest absolute Gasteiger partial charge is 0.306 e. The van der Waals surface area contributed by atoms with Gasteiger partial charge in [-0.25, -0.2) is 0 Å². The number of hydrogen-bond acceptors (Lipinski definition) is 7. The summed E-state index contributed by atoms with van der Waals surface area (Å²) in [7, 11) is 2.99. The first kappa shape index (κ1) is 28.9. The average molecular weight is 584 g/mol. The summed E-state index contributed by atoms with van der Waals surface area (Å²) in [6, 6.07) is 25.1. The van der Waals surface area contributed by atoms with E-state index in [-0.39, 0.29) is 24.7 Å². The fraction of sp³-hybridized carbons (Fsp3) is 0.250. The Morgan fingerprint density at radius 2 is 1.71 bits per heavy atom. The van der Waals surface area contributed by atoms with Crippen molar-refractivity contribution in [2.45, 2.75) is 37.4 Å². The van der Waals surface area contributed by atoms with Crippen molar-refractivity contribution in [1.29, 1.82) is 0 Å². The van der Waals surface area contributed by atoms with Crippen LogP contribution in [0, 0.1) is 6.92 Å². The number of fused-ring (bicyclic) bond motifs is 1. The van der Waals surface area contributed by atoms with Gasteiger partial charge < -0.3 is 19.8 Å². The van der Waals surface area contributed by atoms with Gasteiger partial charge in [-0.1, -0.05) is 60.3 Å². The Morgan fingerprint density at radius 3 is 2.45 bits per heavy atom. The third-order valence-corrected chi connectivity index (χ3v) is 7.98. The number of para-hydroxylation sites is 1. The Labute approximate surface area is 248 Å². The predicted octanol–water partition coefficient (Wildman–Crippen LogP) is 5.36. The molecular formula is C32H33N5O4S. The Kier molecular flexibility index (Phi) is 9.23. The number of ether oxygens (including phenoxy) is 2. The first-order valence-corrected chi connectivity index (χ1v) is 14.6. The Bertz CT molecular complexity index is 1660. The summed E-state index contributed by atoms with van der Waals surface area (Å²) in [6.45, 7) is 1.99. The van der Waals surface area contributed by atoms with Crippen LogP contribution in [-0.4, -0.2) is 51.6 Å². The van der Waals surface area contributed by atoms with Gasteiger partial charge in [-0.15, -0.1) is 10.2 Å². The first-order valence-electron chi connectivity index (χ1n) is 13.7. The van der Waals surface area contributed by atoms with Crippen LogP contribution in [0.15, 0.2) is 84.0 Å². The Balaban J connectivity index is 1.50. The summed E-state index contributed by atoms with van der Waals surface area (Å²) in [5.74, 6) is 1.37. The van der Waals surface area contributed by atoms with Crippen molar-refractivity contribution >= 4 is 34.5 Å². The number of hydrogen-bond donors (Lipinski definition) is 2. The van der Waals surface area contributed by atoms with E-state index in [2.05, 4.69) is 20.5 Å². The van der Waals surface area contributed by atoms with Gasteiger partial charge in [-0.05, 0) is 54.8 Å². The molecule has 0 aliphatic carbocycles. The number of esters is 1. The number of H-pyrrole nitrogens is 1. The number of rotatable bonds is 12. The average Bonchev–Trinajstić information content (AvgIpc) is 3.57. The molecule has 0 spiro atoms. The third-order valence-electron chi connectivity index (χ3n) is 7.05. The second-order valence-electron chi connectivity index (χ2n) is 9.81. The van der Waals surface area contributed by atoms with E-state index in [0.29, 0.717) is 23.2 Å². The number of aryl methyl sites for hydroxylation is 1. The van der Waals surface area contributed by atoms with Crippen molar-refractivity contribution in [3.8, 4) is 11.4 Å². The summed E-state index contributed by atoms with van der Waals surface area (Å²) in [4.78, 5) is 28.8. The highest BCUT2D eigenvalue weighted by Gasteiger charge is 2.26. The number of thioether (sulfide) groups is 1. The number of methoxy groups -OCH3 is 2. The number of aromatic nitrogens is 4. The quantitative estimate of drug-likeness (QED) is 0.150. The maximum absolute atomic E-state index is 13.6. The fourth-order valence-corrected chi connectivity index (χ4v) is 5.81. The van der Waals surface area contributed by atoms with Crippen LogP contribution < -0.4 is 10.1 Å². The maximum atomic E-state index is 13.6. The van der Waals surface area contributed by atoms with Crippen LogP contribution in [0.4, 0.5) is 0 Å². The lowest BCUT2D eigenvalue weighted by atomic mass is 10.0. The number of benzene rings is 3. The van der Waals surface area contributed by atoms with Crippen LogP contribution in [0.5, 0.6) is 5.75 Å². The van der Waals surface area contributed by atoms with Crippen molar-refractivity contribution < 1.29 is 19.1 Å². The molecule has 216 valence electrons. The van der Waals surface area contributed by atoms with Crippen LogP contribution >= 0.6 is 11.8 Å². The minimum absolute atomic E-state index is 0.118. The normalized spacial score (nSPS) is 11.8. The minimum atomic E-state index is -0.477. The van der Waals surface area contributed by atoms with Gasteiger partial charge in [0, 0.05) is 28.0 Å². The Hall–Kier alpha value is -4.57. The van der Waals surface area contributed by atoms with E-state index in [9.17, 15) is 9.59 Å². The van der Waals surface area contributed by atoms with Gasteiger partial charge in [-0.3, -0.25) is 14.2 Å². The van der Waals surface area contributed by atoms with E-state index >= 15 is 0 Å². The Morgan fingerprint density at radius 1 is 0.976 bits per heavy atom. The molecule has 0 aliphatic heterocycles. The predicted molar refractivity (Wildman–Crippen MR) is 163 cm³/mol. The van der Waals surface area contributed by atoms with Gasteiger partial charge in [-0.2, -0.15) is 0 Å². The molecule has 1 atom stereocenters. The maximum Gasteiger partial charge on any atom is 0.306 e. The van der Waals surface area contributed by atoms with Gasteiger partial charge in [0.2, 0.25) is 5.91 Å². The van der Waals surface area contributed by atoms with Crippen molar-refractivity contribution in [1.82, 2.24) is 25.1 Å². The van der Waals surface area contributed by atoms with E-state index < -0.39 is 6.04 Å². The molecule has 3 aromatic carbocycles.